The van der Waals surface area contributed by atoms with Crippen molar-refractivity contribution in [1.82, 2.24) is 0 Å². The van der Waals surface area contributed by atoms with Gasteiger partial charge >= 0.3 is 88.5 Å². The number of hydrogen-bond acceptors (Lipinski definition) is 0. The van der Waals surface area contributed by atoms with Crippen molar-refractivity contribution in [1.29, 1.82) is 0 Å². The van der Waals surface area contributed by atoms with Gasteiger partial charge in [0.25, 0.3) is 0 Å². The summed E-state index contributed by atoms with van der Waals surface area (Å²) in [6.45, 7) is 0. The van der Waals surface area contributed by atoms with Crippen molar-refractivity contribution in [3.05, 3.63) is 21.0 Å². The predicted octanol–water partition coefficient (Wildman–Crippen LogP) is 3.80. The van der Waals surface area contributed by atoms with E-state index >= 15 is 0 Å². The standard InChI is InChI=1S/C11H21Ge2/c1-12(2,3)10-8-7-9-11(10)13(4,5)6/h8H,7H2,1-6H3. The van der Waals surface area contributed by atoms with E-state index in [0.29, 0.717) is 0 Å². The number of rotatable bonds is 2. The van der Waals surface area contributed by atoms with Crippen LogP contribution in [0.3, 0.4) is 0 Å². The fraction of sp³-hybridized carbons (Fsp3) is 0.636. The van der Waals surface area contributed by atoms with Gasteiger partial charge < -0.3 is 0 Å². The van der Waals surface area contributed by atoms with Crippen LogP contribution >= 0.6 is 0 Å². The van der Waals surface area contributed by atoms with Gasteiger partial charge in [-0.15, -0.1) is 0 Å². The van der Waals surface area contributed by atoms with E-state index in [0.717, 1.165) is 6.42 Å². The van der Waals surface area contributed by atoms with E-state index in [-0.39, 0.29) is 0 Å². The molecular formula is C11H21Ge2. The zero-order chi connectivity index (χ0) is 10.3. The second kappa shape index (κ2) is 3.61. The first-order valence-electron chi connectivity index (χ1n) is 5.05. The van der Waals surface area contributed by atoms with Gasteiger partial charge in [-0.3, -0.25) is 0 Å². The Morgan fingerprint density at radius 1 is 1.00 bits per heavy atom. The molecule has 0 nitrogen and oxygen atoms in total. The van der Waals surface area contributed by atoms with Crippen LogP contribution in [0.1, 0.15) is 6.42 Å². The molecule has 1 aliphatic rings. The summed E-state index contributed by atoms with van der Waals surface area (Å²) in [4.78, 5) is 0. The van der Waals surface area contributed by atoms with Crippen molar-refractivity contribution in [3.63, 3.8) is 0 Å². The topological polar surface area (TPSA) is 0 Å². The molecule has 0 fully saturated rings. The van der Waals surface area contributed by atoms with Crippen LogP contribution in [-0.2, 0) is 0 Å². The van der Waals surface area contributed by atoms with Crippen LogP contribution in [0.25, 0.3) is 0 Å². The van der Waals surface area contributed by atoms with Gasteiger partial charge in [-0.2, -0.15) is 0 Å². The van der Waals surface area contributed by atoms with Gasteiger partial charge in [0.1, 0.15) is 0 Å². The fourth-order valence-corrected chi connectivity index (χ4v) is 16.5. The molecule has 0 bridgehead atoms. The minimum atomic E-state index is -1.60. The van der Waals surface area contributed by atoms with Gasteiger partial charge in [-0.25, -0.2) is 0 Å². The normalized spacial score (nSPS) is 18.6. The molecule has 0 aromatic carbocycles. The van der Waals surface area contributed by atoms with Crippen LogP contribution in [0.5, 0.6) is 0 Å². The Hall–Kier alpha value is 0.566. The van der Waals surface area contributed by atoms with Crippen LogP contribution in [0.4, 0.5) is 0 Å². The predicted molar refractivity (Wildman–Crippen MR) is 66.1 cm³/mol. The van der Waals surface area contributed by atoms with Crippen LogP contribution in [-0.4, -0.2) is 26.5 Å². The summed E-state index contributed by atoms with van der Waals surface area (Å²) in [5, 5.41) is 0. The molecule has 0 aromatic heterocycles. The first-order chi connectivity index (χ1) is 5.73. The zero-order valence-corrected chi connectivity index (χ0v) is 14.0. The van der Waals surface area contributed by atoms with Crippen LogP contribution in [0.15, 0.2) is 14.9 Å². The molecular weight excluding hydrogens is 277 g/mol. The Balaban J connectivity index is 2.99. The molecule has 0 saturated heterocycles. The third-order valence-corrected chi connectivity index (χ3v) is 11.9. The van der Waals surface area contributed by atoms with E-state index in [9.17, 15) is 0 Å². The van der Waals surface area contributed by atoms with Crippen molar-refractivity contribution in [3.8, 4) is 0 Å². The van der Waals surface area contributed by atoms with Gasteiger partial charge in [0.2, 0.25) is 0 Å². The Labute approximate surface area is 88.2 Å². The Bertz CT molecular complexity index is 231. The summed E-state index contributed by atoms with van der Waals surface area (Å²) >= 11 is -3.19. The Kier molecular flexibility index (Phi) is 3.24. The van der Waals surface area contributed by atoms with Crippen molar-refractivity contribution in [2.75, 3.05) is 0 Å². The molecule has 1 radical (unpaired) electrons. The second-order valence-electron chi connectivity index (χ2n) is 5.87. The molecule has 73 valence electrons. The first kappa shape index (κ1) is 11.6. The molecule has 0 heterocycles. The van der Waals surface area contributed by atoms with E-state index in [4.69, 9.17) is 0 Å². The maximum absolute atomic E-state index is 3.61. The summed E-state index contributed by atoms with van der Waals surface area (Å²) < 4.78 is 3.44. The average molecular weight is 299 g/mol. The van der Waals surface area contributed by atoms with Crippen LogP contribution < -0.4 is 0 Å². The maximum atomic E-state index is 3.61. The van der Waals surface area contributed by atoms with Gasteiger partial charge in [0.05, 0.1) is 0 Å². The van der Waals surface area contributed by atoms with Crippen molar-refractivity contribution >= 4 is 26.5 Å². The summed E-state index contributed by atoms with van der Waals surface area (Å²) in [7, 11) is 0. The number of allylic oxidation sites excluding steroid dienone is 4. The summed E-state index contributed by atoms with van der Waals surface area (Å²) in [5.41, 5.74) is 0. The fourth-order valence-electron chi connectivity index (χ4n) is 1.80. The molecule has 0 saturated carbocycles. The zero-order valence-electron chi connectivity index (χ0n) is 9.78. The summed E-state index contributed by atoms with van der Waals surface area (Å²) in [5.74, 6) is 14.9. The van der Waals surface area contributed by atoms with Crippen LogP contribution in [0, 0.1) is 6.08 Å². The summed E-state index contributed by atoms with van der Waals surface area (Å²) in [6, 6.07) is 0. The first-order valence-corrected chi connectivity index (χ1v) is 19.7. The van der Waals surface area contributed by atoms with Crippen molar-refractivity contribution in [2.24, 2.45) is 0 Å². The van der Waals surface area contributed by atoms with Gasteiger partial charge in [0.15, 0.2) is 0 Å². The molecule has 0 amide bonds. The monoisotopic (exact) mass is 301 g/mol. The van der Waals surface area contributed by atoms with E-state index < -0.39 is 26.5 Å². The van der Waals surface area contributed by atoms with Gasteiger partial charge in [0, 0.05) is 0 Å². The molecule has 0 aromatic rings. The van der Waals surface area contributed by atoms with Crippen molar-refractivity contribution < 1.29 is 0 Å². The Morgan fingerprint density at radius 2 is 1.54 bits per heavy atom. The Morgan fingerprint density at radius 3 is 1.85 bits per heavy atom. The minimum absolute atomic E-state index is 1.09. The van der Waals surface area contributed by atoms with E-state index in [1.54, 1.807) is 8.81 Å². The van der Waals surface area contributed by atoms with Crippen molar-refractivity contribution in [2.45, 2.75) is 41.0 Å². The van der Waals surface area contributed by atoms with E-state index in [2.05, 4.69) is 46.7 Å². The molecule has 13 heavy (non-hydrogen) atoms. The third kappa shape index (κ3) is 2.75. The SMILES string of the molecule is [CH3][Ge]([CH3])([CH3])[C]1=[C]CC=[C]1[Ge]([CH3])([CH3])[CH3]. The molecule has 0 N–H and O–H groups in total. The molecule has 0 atom stereocenters. The molecule has 0 spiro atoms. The molecule has 0 unspecified atom stereocenters. The van der Waals surface area contributed by atoms with Gasteiger partial charge in [-0.1, -0.05) is 0 Å². The van der Waals surface area contributed by atoms with E-state index in [1.165, 1.54) is 0 Å². The molecule has 1 rings (SSSR count). The second-order valence-corrected chi connectivity index (χ2v) is 26.9. The number of hydrogen-bond donors (Lipinski definition) is 0. The van der Waals surface area contributed by atoms with Crippen LogP contribution in [0.2, 0.25) is 34.5 Å². The average Bonchev–Trinajstić information content (AvgIpc) is 2.27. The molecule has 2 heteroatoms. The van der Waals surface area contributed by atoms with Gasteiger partial charge in [-0.05, 0) is 0 Å². The molecule has 0 aliphatic heterocycles. The third-order valence-electron chi connectivity index (χ3n) is 2.41. The molecule has 1 aliphatic carbocycles. The quantitative estimate of drug-likeness (QED) is 0.680. The van der Waals surface area contributed by atoms with E-state index in [1.807, 2.05) is 0 Å². The summed E-state index contributed by atoms with van der Waals surface area (Å²) in [6.07, 6.45) is 7.15.